The normalized spacial score (nSPS) is 16.2. The first-order valence-corrected chi connectivity index (χ1v) is 6.74. The molecule has 98 valence electrons. The highest BCUT2D eigenvalue weighted by Gasteiger charge is 2.28. The Labute approximate surface area is 110 Å². The van der Waals surface area contributed by atoms with Crippen LogP contribution in [-0.2, 0) is 9.53 Å². The van der Waals surface area contributed by atoms with Crippen molar-refractivity contribution in [3.8, 4) is 0 Å². The van der Waals surface area contributed by atoms with Gasteiger partial charge in [-0.25, -0.2) is 9.78 Å². The molecule has 18 heavy (non-hydrogen) atoms. The molecule has 1 aliphatic rings. The van der Waals surface area contributed by atoms with Gasteiger partial charge in [0, 0.05) is 6.04 Å². The lowest BCUT2D eigenvalue weighted by molar-refractivity contribution is -0.129. The van der Waals surface area contributed by atoms with Crippen molar-refractivity contribution in [2.24, 2.45) is 0 Å². The van der Waals surface area contributed by atoms with E-state index in [1.807, 2.05) is 6.92 Å². The van der Waals surface area contributed by atoms with Crippen molar-refractivity contribution in [3.05, 3.63) is 15.6 Å². The quantitative estimate of drug-likeness (QED) is 0.842. The smallest absolute Gasteiger partial charge is 0.351 e. The molecule has 1 amide bonds. The Morgan fingerprint density at radius 3 is 2.61 bits per heavy atom. The monoisotopic (exact) mass is 268 g/mol. The molecule has 0 aromatic carbocycles. The third kappa shape index (κ3) is 3.07. The average Bonchev–Trinajstić information content (AvgIpc) is 3.02. The molecule has 1 saturated carbocycles. The maximum absolute atomic E-state index is 11.9. The van der Waals surface area contributed by atoms with E-state index in [2.05, 4.69) is 10.3 Å². The molecule has 6 heteroatoms. The van der Waals surface area contributed by atoms with E-state index in [0.717, 1.165) is 17.8 Å². The van der Waals surface area contributed by atoms with Crippen LogP contribution in [-0.4, -0.2) is 29.0 Å². The molecule has 5 nitrogen and oxygen atoms in total. The van der Waals surface area contributed by atoms with Gasteiger partial charge in [0.25, 0.3) is 5.91 Å². The molecule has 1 heterocycles. The Hall–Kier alpha value is -1.43. The van der Waals surface area contributed by atoms with Gasteiger partial charge in [-0.15, -0.1) is 11.3 Å². The van der Waals surface area contributed by atoms with Gasteiger partial charge in [0.05, 0.1) is 10.7 Å². The Bertz CT molecular complexity index is 480. The van der Waals surface area contributed by atoms with Gasteiger partial charge in [0.1, 0.15) is 4.88 Å². The van der Waals surface area contributed by atoms with Crippen LogP contribution in [0, 0.1) is 13.8 Å². The molecule has 0 aliphatic heterocycles. The summed E-state index contributed by atoms with van der Waals surface area (Å²) in [5, 5.41) is 3.62. The number of esters is 1. The van der Waals surface area contributed by atoms with Crippen LogP contribution in [0.2, 0.25) is 0 Å². The number of ether oxygens (including phenoxy) is 1. The fraction of sp³-hybridized carbons (Fsp3) is 0.583. The maximum atomic E-state index is 11.9. The van der Waals surface area contributed by atoms with Crippen LogP contribution in [0.15, 0.2) is 0 Å². The van der Waals surface area contributed by atoms with Crippen molar-refractivity contribution >= 4 is 23.2 Å². The molecule has 1 N–H and O–H groups in total. The van der Waals surface area contributed by atoms with Gasteiger partial charge in [-0.2, -0.15) is 0 Å². The fourth-order valence-electron chi connectivity index (χ4n) is 1.53. The van der Waals surface area contributed by atoms with E-state index in [0.29, 0.717) is 10.6 Å². The zero-order chi connectivity index (χ0) is 13.3. The van der Waals surface area contributed by atoms with Gasteiger partial charge in [-0.05, 0) is 33.6 Å². The van der Waals surface area contributed by atoms with Crippen molar-refractivity contribution in [2.75, 3.05) is 0 Å². The van der Waals surface area contributed by atoms with Gasteiger partial charge in [-0.3, -0.25) is 4.79 Å². The number of carbonyl (C=O) groups excluding carboxylic acids is 2. The SMILES string of the molecule is Cc1nc(C)c(C(=O)O[C@@H](C)C(=O)NC2CC2)s1. The molecule has 0 spiro atoms. The Morgan fingerprint density at radius 1 is 1.44 bits per heavy atom. The molecule has 0 radical (unpaired) electrons. The van der Waals surface area contributed by atoms with Crippen molar-refractivity contribution in [3.63, 3.8) is 0 Å². The second-order valence-corrected chi connectivity index (χ2v) is 5.68. The predicted molar refractivity (Wildman–Crippen MR) is 67.6 cm³/mol. The predicted octanol–water partition coefficient (Wildman–Crippen LogP) is 1.58. The van der Waals surface area contributed by atoms with Crippen LogP contribution in [0.4, 0.5) is 0 Å². The molecule has 1 atom stereocenters. The minimum Gasteiger partial charge on any atom is -0.448 e. The lowest BCUT2D eigenvalue weighted by Gasteiger charge is -2.12. The molecule has 1 aromatic heterocycles. The number of thiazole rings is 1. The number of carbonyl (C=O) groups is 2. The summed E-state index contributed by atoms with van der Waals surface area (Å²) in [6, 6.07) is 0.269. The van der Waals surface area contributed by atoms with Gasteiger partial charge in [-0.1, -0.05) is 0 Å². The van der Waals surface area contributed by atoms with Crippen LogP contribution in [0.3, 0.4) is 0 Å². The molecule has 0 saturated heterocycles. The van der Waals surface area contributed by atoms with Crippen molar-refractivity contribution in [1.29, 1.82) is 0 Å². The number of nitrogens with one attached hydrogen (secondary N) is 1. The summed E-state index contributed by atoms with van der Waals surface area (Å²) < 4.78 is 5.14. The average molecular weight is 268 g/mol. The molecule has 0 bridgehead atoms. The highest BCUT2D eigenvalue weighted by molar-refractivity contribution is 7.13. The minimum atomic E-state index is -0.764. The van der Waals surface area contributed by atoms with Crippen molar-refractivity contribution in [1.82, 2.24) is 10.3 Å². The zero-order valence-electron chi connectivity index (χ0n) is 10.6. The number of hydrogen-bond acceptors (Lipinski definition) is 5. The molecule has 1 fully saturated rings. The number of aryl methyl sites for hydroxylation is 2. The van der Waals surface area contributed by atoms with Gasteiger partial charge < -0.3 is 10.1 Å². The molecular formula is C12H16N2O3S. The first-order chi connectivity index (χ1) is 8.47. The van der Waals surface area contributed by atoms with Crippen molar-refractivity contribution in [2.45, 2.75) is 45.8 Å². The summed E-state index contributed by atoms with van der Waals surface area (Å²) in [5.74, 6) is -0.707. The van der Waals surface area contributed by atoms with E-state index in [9.17, 15) is 9.59 Å². The van der Waals surface area contributed by atoms with E-state index in [1.54, 1.807) is 13.8 Å². The number of amides is 1. The molecule has 1 aromatic rings. The van der Waals surface area contributed by atoms with E-state index in [1.165, 1.54) is 11.3 Å². The first-order valence-electron chi connectivity index (χ1n) is 5.92. The molecule has 2 rings (SSSR count). The summed E-state index contributed by atoms with van der Waals surface area (Å²) in [6.07, 6.45) is 1.26. The highest BCUT2D eigenvalue weighted by Crippen LogP contribution is 2.20. The van der Waals surface area contributed by atoms with E-state index < -0.39 is 12.1 Å². The Balaban J connectivity index is 1.93. The van der Waals surface area contributed by atoms with E-state index in [-0.39, 0.29) is 11.9 Å². The third-order valence-electron chi connectivity index (χ3n) is 2.67. The zero-order valence-corrected chi connectivity index (χ0v) is 11.5. The topological polar surface area (TPSA) is 68.3 Å². The Morgan fingerprint density at radius 2 is 2.11 bits per heavy atom. The van der Waals surface area contributed by atoms with Gasteiger partial charge in [0.2, 0.25) is 0 Å². The van der Waals surface area contributed by atoms with Crippen molar-refractivity contribution < 1.29 is 14.3 Å². The lowest BCUT2D eigenvalue weighted by atomic mass is 10.3. The molecule has 1 aliphatic carbocycles. The van der Waals surface area contributed by atoms with Gasteiger partial charge >= 0.3 is 5.97 Å². The van der Waals surface area contributed by atoms with Crippen LogP contribution in [0.1, 0.15) is 40.1 Å². The standard InChI is InChI=1S/C12H16N2O3S/c1-6-10(18-8(3)13-6)12(16)17-7(2)11(15)14-9-4-5-9/h7,9H,4-5H2,1-3H3,(H,14,15)/t7-/m0/s1. The number of hydrogen-bond donors (Lipinski definition) is 1. The fourth-order valence-corrected chi connectivity index (χ4v) is 2.34. The number of aromatic nitrogens is 1. The summed E-state index contributed by atoms with van der Waals surface area (Å²) in [5.41, 5.74) is 0.650. The minimum absolute atomic E-state index is 0.232. The lowest BCUT2D eigenvalue weighted by Crippen LogP contribution is -2.37. The first kappa shape index (κ1) is 13.0. The van der Waals surface area contributed by atoms with Gasteiger partial charge in [0.15, 0.2) is 6.10 Å². The number of rotatable bonds is 4. The van der Waals surface area contributed by atoms with Crippen LogP contribution < -0.4 is 5.32 Å². The van der Waals surface area contributed by atoms with E-state index >= 15 is 0 Å². The summed E-state index contributed by atoms with van der Waals surface area (Å²) in [6.45, 7) is 5.17. The second-order valence-electron chi connectivity index (χ2n) is 4.48. The summed E-state index contributed by atoms with van der Waals surface area (Å²) in [4.78, 5) is 28.1. The maximum Gasteiger partial charge on any atom is 0.351 e. The highest BCUT2D eigenvalue weighted by atomic mass is 32.1. The molecular weight excluding hydrogens is 252 g/mol. The third-order valence-corrected chi connectivity index (χ3v) is 3.72. The Kier molecular flexibility index (Phi) is 3.65. The van der Waals surface area contributed by atoms with Crippen LogP contribution >= 0.6 is 11.3 Å². The second kappa shape index (κ2) is 5.06. The van der Waals surface area contributed by atoms with E-state index in [4.69, 9.17) is 4.74 Å². The summed E-state index contributed by atoms with van der Waals surface area (Å²) >= 11 is 1.29. The summed E-state index contributed by atoms with van der Waals surface area (Å²) in [7, 11) is 0. The van der Waals surface area contributed by atoms with Crippen LogP contribution in [0.5, 0.6) is 0 Å². The number of nitrogens with zero attached hydrogens (tertiary/aromatic N) is 1. The molecule has 0 unspecified atom stereocenters. The largest absolute Gasteiger partial charge is 0.448 e. The van der Waals surface area contributed by atoms with Crippen LogP contribution in [0.25, 0.3) is 0 Å².